The fourth-order valence-corrected chi connectivity index (χ4v) is 1.25. The van der Waals surface area contributed by atoms with Crippen molar-refractivity contribution in [1.82, 2.24) is 0 Å². The van der Waals surface area contributed by atoms with Crippen molar-refractivity contribution >= 4 is 17.5 Å². The third-order valence-electron chi connectivity index (χ3n) is 2.46. The summed E-state index contributed by atoms with van der Waals surface area (Å²) in [6, 6.07) is 5.79. The second kappa shape index (κ2) is 5.45. The van der Waals surface area contributed by atoms with Crippen molar-refractivity contribution < 1.29 is 9.59 Å². The second-order valence-corrected chi connectivity index (χ2v) is 4.20. The second-order valence-electron chi connectivity index (χ2n) is 4.20. The monoisotopic (exact) mass is 235 g/mol. The van der Waals surface area contributed by atoms with Crippen LogP contribution in [0.4, 0.5) is 5.69 Å². The minimum atomic E-state index is -0.550. The van der Waals surface area contributed by atoms with E-state index in [1.807, 2.05) is 13.8 Å². The first-order valence-corrected chi connectivity index (χ1v) is 5.38. The summed E-state index contributed by atoms with van der Waals surface area (Å²) in [5, 5.41) is 2.67. The number of carbonyl (C=O) groups excluding carboxylic acids is 2. The highest BCUT2D eigenvalue weighted by Crippen LogP contribution is 2.10. The van der Waals surface area contributed by atoms with Crippen molar-refractivity contribution in [2.45, 2.75) is 19.9 Å². The van der Waals surface area contributed by atoms with Gasteiger partial charge in [0.05, 0.1) is 6.04 Å². The SMILES string of the molecule is CC(C)[C@H](N)C(=O)Nc1ccc(C(N)=O)cc1. The van der Waals surface area contributed by atoms with Crippen LogP contribution in [0.15, 0.2) is 24.3 Å². The zero-order chi connectivity index (χ0) is 13.0. The molecule has 0 aliphatic heterocycles. The van der Waals surface area contributed by atoms with Gasteiger partial charge in [-0.2, -0.15) is 0 Å². The van der Waals surface area contributed by atoms with Crippen LogP contribution in [0, 0.1) is 5.92 Å². The number of hydrogen-bond donors (Lipinski definition) is 3. The van der Waals surface area contributed by atoms with Gasteiger partial charge in [-0.1, -0.05) is 13.8 Å². The van der Waals surface area contributed by atoms with E-state index in [1.54, 1.807) is 24.3 Å². The minimum absolute atomic E-state index is 0.0693. The molecule has 5 nitrogen and oxygen atoms in total. The van der Waals surface area contributed by atoms with E-state index >= 15 is 0 Å². The highest BCUT2D eigenvalue weighted by atomic mass is 16.2. The van der Waals surface area contributed by atoms with E-state index in [0.29, 0.717) is 11.3 Å². The predicted octanol–water partition coefficient (Wildman–Crippen LogP) is 0.707. The Kier molecular flexibility index (Phi) is 4.23. The third kappa shape index (κ3) is 3.57. The molecular weight excluding hydrogens is 218 g/mol. The van der Waals surface area contributed by atoms with Crippen LogP contribution in [0.3, 0.4) is 0 Å². The van der Waals surface area contributed by atoms with Crippen molar-refractivity contribution in [3.63, 3.8) is 0 Å². The Balaban J connectivity index is 2.70. The molecule has 0 saturated heterocycles. The van der Waals surface area contributed by atoms with Crippen LogP contribution in [0.2, 0.25) is 0 Å². The van der Waals surface area contributed by atoms with Gasteiger partial charge in [0, 0.05) is 11.3 Å². The number of nitrogens with two attached hydrogens (primary N) is 2. The third-order valence-corrected chi connectivity index (χ3v) is 2.46. The molecule has 1 aromatic rings. The van der Waals surface area contributed by atoms with Crippen molar-refractivity contribution in [2.24, 2.45) is 17.4 Å². The lowest BCUT2D eigenvalue weighted by molar-refractivity contribution is -0.118. The quantitative estimate of drug-likeness (QED) is 0.716. The van der Waals surface area contributed by atoms with E-state index < -0.39 is 11.9 Å². The molecule has 1 atom stereocenters. The molecule has 0 heterocycles. The minimum Gasteiger partial charge on any atom is -0.366 e. The van der Waals surface area contributed by atoms with Gasteiger partial charge in [0.15, 0.2) is 0 Å². The summed E-state index contributed by atoms with van der Waals surface area (Å²) >= 11 is 0. The van der Waals surface area contributed by atoms with Crippen LogP contribution < -0.4 is 16.8 Å². The maximum atomic E-state index is 11.6. The Labute approximate surface area is 100 Å². The number of anilines is 1. The maximum absolute atomic E-state index is 11.6. The van der Waals surface area contributed by atoms with Crippen LogP contribution >= 0.6 is 0 Å². The molecule has 5 N–H and O–H groups in total. The Hall–Kier alpha value is -1.88. The summed E-state index contributed by atoms with van der Waals surface area (Å²) < 4.78 is 0. The van der Waals surface area contributed by atoms with Gasteiger partial charge in [-0.25, -0.2) is 0 Å². The number of nitrogens with one attached hydrogen (secondary N) is 1. The summed E-state index contributed by atoms with van der Waals surface area (Å²) in [7, 11) is 0. The summed E-state index contributed by atoms with van der Waals surface area (Å²) in [4.78, 5) is 22.5. The van der Waals surface area contributed by atoms with Crippen LogP contribution in [-0.4, -0.2) is 17.9 Å². The molecule has 0 aliphatic carbocycles. The van der Waals surface area contributed by atoms with E-state index in [9.17, 15) is 9.59 Å². The lowest BCUT2D eigenvalue weighted by Gasteiger charge is -2.15. The fourth-order valence-electron chi connectivity index (χ4n) is 1.25. The smallest absolute Gasteiger partial charge is 0.248 e. The van der Waals surface area contributed by atoms with Crippen LogP contribution in [0.25, 0.3) is 0 Å². The van der Waals surface area contributed by atoms with Crippen LogP contribution in [0.5, 0.6) is 0 Å². The average molecular weight is 235 g/mol. The molecule has 0 spiro atoms. The molecule has 0 unspecified atom stereocenters. The summed E-state index contributed by atoms with van der Waals surface area (Å²) in [5.74, 6) is -0.673. The lowest BCUT2D eigenvalue weighted by atomic mass is 10.0. The molecule has 1 rings (SSSR count). The van der Waals surface area contributed by atoms with Crippen LogP contribution in [-0.2, 0) is 4.79 Å². The Morgan fingerprint density at radius 2 is 1.71 bits per heavy atom. The van der Waals surface area contributed by atoms with Crippen molar-refractivity contribution in [3.8, 4) is 0 Å². The topological polar surface area (TPSA) is 98.2 Å². The van der Waals surface area contributed by atoms with E-state index in [4.69, 9.17) is 11.5 Å². The zero-order valence-corrected chi connectivity index (χ0v) is 9.94. The van der Waals surface area contributed by atoms with Gasteiger partial charge in [-0.05, 0) is 30.2 Å². The highest BCUT2D eigenvalue weighted by molar-refractivity contribution is 5.96. The molecule has 0 fully saturated rings. The molecule has 0 aromatic heterocycles. The van der Waals surface area contributed by atoms with Gasteiger partial charge >= 0.3 is 0 Å². The molecule has 0 aliphatic rings. The molecule has 1 aromatic carbocycles. The molecule has 0 saturated carbocycles. The molecule has 92 valence electrons. The summed E-state index contributed by atoms with van der Waals surface area (Å²) in [6.45, 7) is 3.75. The maximum Gasteiger partial charge on any atom is 0.248 e. The lowest BCUT2D eigenvalue weighted by Crippen LogP contribution is -2.39. The number of primary amides is 1. The number of amides is 2. The first kappa shape index (κ1) is 13.2. The largest absolute Gasteiger partial charge is 0.366 e. The van der Waals surface area contributed by atoms with Gasteiger partial charge < -0.3 is 16.8 Å². The highest BCUT2D eigenvalue weighted by Gasteiger charge is 2.17. The van der Waals surface area contributed by atoms with Crippen molar-refractivity contribution in [2.75, 3.05) is 5.32 Å². The number of benzene rings is 1. The van der Waals surface area contributed by atoms with E-state index in [-0.39, 0.29) is 11.8 Å². The normalized spacial score (nSPS) is 12.2. The zero-order valence-electron chi connectivity index (χ0n) is 9.94. The Bertz CT molecular complexity index is 412. The summed E-state index contributed by atoms with van der Waals surface area (Å²) in [6.07, 6.45) is 0. The Morgan fingerprint density at radius 3 is 2.12 bits per heavy atom. The first-order chi connectivity index (χ1) is 7.91. The molecule has 5 heteroatoms. The predicted molar refractivity (Wildman–Crippen MR) is 66.4 cm³/mol. The molecule has 0 bridgehead atoms. The van der Waals surface area contributed by atoms with Gasteiger partial charge in [0.1, 0.15) is 0 Å². The fraction of sp³-hybridized carbons (Fsp3) is 0.333. The van der Waals surface area contributed by atoms with Crippen molar-refractivity contribution in [3.05, 3.63) is 29.8 Å². The van der Waals surface area contributed by atoms with Crippen LogP contribution in [0.1, 0.15) is 24.2 Å². The van der Waals surface area contributed by atoms with E-state index in [1.165, 1.54) is 0 Å². The van der Waals surface area contributed by atoms with Crippen molar-refractivity contribution in [1.29, 1.82) is 0 Å². The molecule has 0 radical (unpaired) electrons. The van der Waals surface area contributed by atoms with Gasteiger partial charge in [-0.3, -0.25) is 9.59 Å². The number of hydrogen-bond acceptors (Lipinski definition) is 3. The standard InChI is InChI=1S/C12H17N3O2/c1-7(2)10(13)12(17)15-9-5-3-8(4-6-9)11(14)16/h3-7,10H,13H2,1-2H3,(H2,14,16)(H,15,17)/t10-/m0/s1. The molecule has 2 amide bonds. The molecule has 17 heavy (non-hydrogen) atoms. The van der Waals surface area contributed by atoms with E-state index in [2.05, 4.69) is 5.32 Å². The number of carbonyl (C=O) groups is 2. The van der Waals surface area contributed by atoms with Gasteiger partial charge in [-0.15, -0.1) is 0 Å². The Morgan fingerprint density at radius 1 is 1.18 bits per heavy atom. The average Bonchev–Trinajstić information content (AvgIpc) is 2.28. The van der Waals surface area contributed by atoms with Gasteiger partial charge in [0.2, 0.25) is 11.8 Å². The van der Waals surface area contributed by atoms with Gasteiger partial charge in [0.25, 0.3) is 0 Å². The summed E-state index contributed by atoms with van der Waals surface area (Å²) in [5.41, 5.74) is 11.8. The number of rotatable bonds is 4. The first-order valence-electron chi connectivity index (χ1n) is 5.38. The van der Waals surface area contributed by atoms with E-state index in [0.717, 1.165) is 0 Å². The molecular formula is C12H17N3O2.